The van der Waals surface area contributed by atoms with Gasteiger partial charge in [0.2, 0.25) is 0 Å². The molecule has 4 nitrogen and oxygen atoms in total. The fourth-order valence-corrected chi connectivity index (χ4v) is 41.9. The van der Waals surface area contributed by atoms with Crippen LogP contribution in [-0.2, 0) is 0 Å². The predicted octanol–water partition coefficient (Wildman–Crippen LogP) is 23.1. The van der Waals surface area contributed by atoms with E-state index in [1.165, 1.54) is 88.8 Å². The maximum atomic E-state index is 5.64. The first-order chi connectivity index (χ1) is 42.6. The lowest BCUT2D eigenvalue weighted by Gasteiger charge is -2.47. The third-order valence-corrected chi connectivity index (χ3v) is 50.0. The monoisotopic (exact) mass is 1290 g/mol. The van der Waals surface area contributed by atoms with Crippen molar-refractivity contribution in [1.29, 1.82) is 0 Å². The van der Waals surface area contributed by atoms with E-state index in [0.29, 0.717) is 66.5 Å². The Labute approximate surface area is 554 Å². The summed E-state index contributed by atoms with van der Waals surface area (Å²) in [6.45, 7) is 58.9. The van der Waals surface area contributed by atoms with Crippen molar-refractivity contribution in [3.63, 3.8) is 0 Å². The first-order valence-corrected chi connectivity index (χ1v) is 44.8. The van der Waals surface area contributed by atoms with Gasteiger partial charge in [-0.05, 0) is 156 Å². The molecule has 0 saturated carbocycles. The van der Waals surface area contributed by atoms with Crippen LogP contribution in [0.2, 0.25) is 66.5 Å². The Hall–Kier alpha value is -5.41. The van der Waals surface area contributed by atoms with E-state index in [1.54, 1.807) is 0 Å². The summed E-state index contributed by atoms with van der Waals surface area (Å²) in [6.07, 6.45) is 0. The molecule has 0 N–H and O–H groups in total. The van der Waals surface area contributed by atoms with Crippen molar-refractivity contribution in [3.05, 3.63) is 140 Å². The summed E-state index contributed by atoms with van der Waals surface area (Å²) in [6, 6.07) is 27.9. The number of hydrogen-bond donors (Lipinski definition) is 0. The fraction of sp³-hybridized carbons (Fsp3) is 0.500. The zero-order valence-electron chi connectivity index (χ0n) is 58.8. The van der Waals surface area contributed by atoms with Crippen molar-refractivity contribution in [1.82, 2.24) is 17.5 Å². The highest BCUT2D eigenvalue weighted by Crippen LogP contribution is 2.67. The molecule has 0 saturated heterocycles. The van der Waals surface area contributed by atoms with Gasteiger partial charge in [0.1, 0.15) is 32.3 Å². The van der Waals surface area contributed by atoms with Gasteiger partial charge in [-0.1, -0.05) is 238 Å². The minimum absolute atomic E-state index is 0.346. The van der Waals surface area contributed by atoms with Gasteiger partial charge in [-0.3, -0.25) is 0 Å². The Morgan fingerprint density at radius 1 is 0.278 bits per heavy atom. The van der Waals surface area contributed by atoms with Crippen LogP contribution in [0.25, 0.3) is 43.1 Å². The molecule has 2 aromatic heterocycles. The molecule has 0 spiro atoms. The fourth-order valence-electron chi connectivity index (χ4n) is 19.8. The Bertz CT molecular complexity index is 3770. The van der Waals surface area contributed by atoms with Gasteiger partial charge < -0.3 is 0 Å². The Kier molecular flexibility index (Phi) is 18.0. The van der Waals surface area contributed by atoms with Gasteiger partial charge in [0.05, 0.1) is 46.2 Å². The second-order valence-electron chi connectivity index (χ2n) is 31.2. The molecule has 14 rings (SSSR count). The maximum Gasteiger partial charge on any atom is 0.146 e. The predicted molar refractivity (Wildman–Crippen MR) is 402 cm³/mol. The lowest BCUT2D eigenvalue weighted by Crippen LogP contribution is -2.43. The average Bonchev–Trinajstić information content (AvgIpc) is 1.11. The summed E-state index contributed by atoms with van der Waals surface area (Å²) < 4.78 is 22.6. The number of nitrogens with zero attached hydrogens (tertiary/aromatic N) is 4. The van der Waals surface area contributed by atoms with E-state index in [2.05, 4.69) is 285 Å². The zero-order valence-corrected chi connectivity index (χ0v) is 64.4. The largest absolute Gasteiger partial charge is 0.177 e. The Morgan fingerprint density at radius 3 is 0.600 bits per heavy atom. The summed E-state index contributed by atoms with van der Waals surface area (Å²) in [5, 5.41) is 9.60. The minimum atomic E-state index is -2.34. The van der Waals surface area contributed by atoms with Crippen LogP contribution < -0.4 is 0 Å². The maximum absolute atomic E-state index is 5.64. The van der Waals surface area contributed by atoms with E-state index in [0.717, 1.165) is 45.0 Å². The molecule has 4 atom stereocenters. The van der Waals surface area contributed by atoms with Gasteiger partial charge in [0.15, 0.2) is 0 Å². The quantitative estimate of drug-likeness (QED) is 0.0695. The first-order valence-electron chi connectivity index (χ1n) is 34.4. The summed E-state index contributed by atoms with van der Waals surface area (Å²) in [5.41, 5.74) is 36.8. The molecule has 6 aliphatic carbocycles. The number of fused-ring (bicyclic) bond motifs is 4. The number of benzene rings is 6. The smallest absolute Gasteiger partial charge is 0.146 e. The highest BCUT2D eigenvalue weighted by atomic mass is 32.1. The van der Waals surface area contributed by atoms with Crippen molar-refractivity contribution in [2.75, 3.05) is 0 Å². The van der Waals surface area contributed by atoms with Crippen molar-refractivity contribution < 1.29 is 0 Å². The summed E-state index contributed by atoms with van der Waals surface area (Å²) in [7, 11) is -9.37. The molecule has 0 radical (unpaired) electrons. The van der Waals surface area contributed by atoms with Gasteiger partial charge in [-0.15, -0.1) is 22.2 Å². The van der Waals surface area contributed by atoms with Gasteiger partial charge in [0, 0.05) is 45.9 Å². The number of hydrogen-bond acceptors (Lipinski definition) is 6. The SMILES string of the molecule is CC(C)[Si](C#Cc1c2c(c(C#C[Si](C(C)C)(C(C)C)C(C)C)c3cc4ccccc4cc13)[C@H]1c3nsnc3C2C2c3nsnc3[C@@H]1c1c2c(C#C[Si](C(C)C)(C(C)C)C(C)C)c2cc3ccccc3cc2c1C#C[Si](C(C)C)(C(C)C)C(C)C)(C(C)C)C(C)C. The van der Waals surface area contributed by atoms with Crippen LogP contribution in [0.3, 0.4) is 0 Å². The molecule has 2 heterocycles. The molecule has 90 heavy (non-hydrogen) atoms. The normalized spacial score (nSPS) is 17.3. The highest BCUT2D eigenvalue weighted by molar-refractivity contribution is 6.99. The standard InChI is InChI=1S/C80H100N4S2Si4/c1-45(2)87(46(3)4,47(5)6)37-33-61-65-41-57-29-25-26-30-58(57)42-66(65)62(34-38-88(48(7)8,49(9)10)50(11)12)70-69(61)73-75-71-63(35-39-89(51(13)14,52(15)16)53(17)18)67-43-59-31-27-28-32-60(59)44-68(67)64(36-40-90(54(19)20,55(21)22)56(23)24)72(71)76(80-79(75)83-86-84-80)74(70)78-77(73)81-85-82-78/h25-32,41-56,73-76H,1-24H3/t73-,74?,75-,76?/m1/s1. The van der Waals surface area contributed by atoms with E-state index in [-0.39, 0.29) is 23.7 Å². The average molecular weight is 1290 g/mol. The van der Waals surface area contributed by atoms with Crippen LogP contribution >= 0.6 is 23.5 Å². The van der Waals surface area contributed by atoms with Crippen molar-refractivity contribution in [3.8, 4) is 45.9 Å². The highest BCUT2D eigenvalue weighted by Gasteiger charge is 2.58. The molecule has 6 aliphatic rings. The summed E-state index contributed by atoms with van der Waals surface area (Å²) >= 11 is 2.76. The van der Waals surface area contributed by atoms with E-state index in [4.69, 9.17) is 17.5 Å². The van der Waals surface area contributed by atoms with Crippen molar-refractivity contribution in [2.24, 2.45) is 0 Å². The van der Waals surface area contributed by atoms with Crippen molar-refractivity contribution >= 4 is 98.8 Å². The third kappa shape index (κ3) is 9.82. The van der Waals surface area contributed by atoms with E-state index in [1.807, 2.05) is 0 Å². The van der Waals surface area contributed by atoms with Gasteiger partial charge in [-0.2, -0.15) is 17.5 Å². The topological polar surface area (TPSA) is 51.6 Å². The Morgan fingerprint density at radius 2 is 0.444 bits per heavy atom. The second kappa shape index (κ2) is 24.5. The molecule has 4 bridgehead atoms. The molecular formula is C80H100N4S2Si4. The molecule has 2 unspecified atom stereocenters. The molecule has 8 aromatic rings. The van der Waals surface area contributed by atoms with Crippen molar-refractivity contribution in [2.45, 2.75) is 256 Å². The molecule has 0 amide bonds. The van der Waals surface area contributed by atoms with Crippen LogP contribution in [0.1, 0.15) is 257 Å². The lowest BCUT2D eigenvalue weighted by molar-refractivity contribution is 0.505. The lowest BCUT2D eigenvalue weighted by atomic mass is 9.54. The van der Waals surface area contributed by atoms with Gasteiger partial charge >= 0.3 is 0 Å². The molecule has 468 valence electrons. The van der Waals surface area contributed by atoms with Gasteiger partial charge in [-0.25, -0.2) is 0 Å². The molecule has 10 heteroatoms. The van der Waals surface area contributed by atoms with E-state index in [9.17, 15) is 0 Å². The van der Waals surface area contributed by atoms with Crippen LogP contribution in [0.15, 0.2) is 72.8 Å². The second-order valence-corrected chi connectivity index (χ2v) is 54.6. The third-order valence-electron chi connectivity index (χ3n) is 23.8. The number of aromatic nitrogens is 4. The van der Waals surface area contributed by atoms with E-state index >= 15 is 0 Å². The van der Waals surface area contributed by atoms with E-state index < -0.39 is 32.3 Å². The number of rotatable bonds is 12. The Balaban J connectivity index is 1.45. The molecule has 0 aliphatic heterocycles. The van der Waals surface area contributed by atoms with Crippen LogP contribution in [0.4, 0.5) is 0 Å². The summed E-state index contributed by atoms with van der Waals surface area (Å²) in [5.74, 6) is 16.0. The van der Waals surface area contributed by atoms with Crippen LogP contribution in [-0.4, -0.2) is 49.8 Å². The minimum Gasteiger partial charge on any atom is -0.177 e. The van der Waals surface area contributed by atoms with Crippen LogP contribution in [0, 0.1) is 45.9 Å². The first kappa shape index (κ1) is 66.1. The molecule has 0 fully saturated rings. The van der Waals surface area contributed by atoms with Gasteiger partial charge in [0.25, 0.3) is 0 Å². The zero-order chi connectivity index (χ0) is 65.2. The summed E-state index contributed by atoms with van der Waals surface area (Å²) in [4.78, 5) is 0. The molecular weight excluding hydrogens is 1190 g/mol. The van der Waals surface area contributed by atoms with Crippen LogP contribution in [0.5, 0.6) is 0 Å². The molecule has 6 aromatic carbocycles.